The van der Waals surface area contributed by atoms with Crippen molar-refractivity contribution in [2.75, 3.05) is 13.7 Å². The Labute approximate surface area is 104 Å². The molecule has 98 valence electrons. The monoisotopic (exact) mass is 253 g/mol. The summed E-state index contributed by atoms with van der Waals surface area (Å²) >= 11 is 0. The number of carbonyl (C=O) groups is 2. The van der Waals surface area contributed by atoms with Crippen molar-refractivity contribution in [3.63, 3.8) is 0 Å². The largest absolute Gasteiger partial charge is 0.479 e. The summed E-state index contributed by atoms with van der Waals surface area (Å²) in [4.78, 5) is 24.2. The van der Waals surface area contributed by atoms with E-state index in [1.165, 1.54) is 4.90 Å². The first-order chi connectivity index (χ1) is 8.54. The summed E-state index contributed by atoms with van der Waals surface area (Å²) in [5, 5.41) is 13.2. The lowest BCUT2D eigenvalue weighted by atomic mass is 10.0. The van der Waals surface area contributed by atoms with Gasteiger partial charge in [-0.15, -0.1) is 0 Å². The van der Waals surface area contributed by atoms with Crippen LogP contribution in [0, 0.1) is 0 Å². The summed E-state index contributed by atoms with van der Waals surface area (Å²) < 4.78 is 6.79. The van der Waals surface area contributed by atoms with Gasteiger partial charge >= 0.3 is 5.97 Å². The van der Waals surface area contributed by atoms with Crippen LogP contribution < -0.4 is 0 Å². The fourth-order valence-corrected chi connectivity index (χ4v) is 2.02. The number of hydrogen-bond acceptors (Lipinski definition) is 4. The summed E-state index contributed by atoms with van der Waals surface area (Å²) in [6, 6.07) is -0.635. The van der Waals surface area contributed by atoms with Crippen LogP contribution >= 0.6 is 0 Å². The van der Waals surface area contributed by atoms with E-state index in [4.69, 9.17) is 9.84 Å². The Morgan fingerprint density at radius 3 is 2.94 bits per heavy atom. The molecule has 18 heavy (non-hydrogen) atoms. The third-order valence-corrected chi connectivity index (χ3v) is 3.05. The van der Waals surface area contributed by atoms with Crippen LogP contribution in [-0.2, 0) is 20.9 Å². The van der Waals surface area contributed by atoms with Gasteiger partial charge in [0.25, 0.3) is 0 Å². The van der Waals surface area contributed by atoms with E-state index in [1.54, 1.807) is 24.1 Å². The fraction of sp³-hybridized carbons (Fsp3) is 0.545. The van der Waals surface area contributed by atoms with Crippen molar-refractivity contribution < 1.29 is 19.4 Å². The molecule has 0 aromatic carbocycles. The number of rotatable bonds is 3. The molecule has 1 aliphatic rings. The number of aromatic nitrogens is 2. The molecule has 2 heterocycles. The van der Waals surface area contributed by atoms with Gasteiger partial charge in [-0.1, -0.05) is 0 Å². The molecule has 0 spiro atoms. The molecule has 7 nitrogen and oxygen atoms in total. The molecule has 1 amide bonds. The normalized spacial score (nSPS) is 24.3. The number of morpholine rings is 1. The van der Waals surface area contributed by atoms with Crippen LogP contribution in [0.4, 0.5) is 0 Å². The Balaban J connectivity index is 2.34. The lowest BCUT2D eigenvalue weighted by molar-refractivity contribution is -0.171. The minimum absolute atomic E-state index is 0.202. The van der Waals surface area contributed by atoms with E-state index in [1.807, 2.05) is 6.92 Å². The minimum atomic E-state index is -1.08. The van der Waals surface area contributed by atoms with Crippen molar-refractivity contribution in [3.05, 3.63) is 18.0 Å². The standard InChI is InChI=1S/C11H15N3O4/c1-3-14-5-7(4-12-14)9-10(11(16)17)18-6-8(15)13(9)2/h4-5,9-10H,3,6H2,1-2H3,(H,16,17). The highest BCUT2D eigenvalue weighted by molar-refractivity contribution is 5.82. The van der Waals surface area contributed by atoms with E-state index in [0.717, 1.165) is 0 Å². The van der Waals surface area contributed by atoms with Gasteiger partial charge in [-0.25, -0.2) is 4.79 Å². The zero-order chi connectivity index (χ0) is 13.3. The van der Waals surface area contributed by atoms with Crippen LogP contribution in [0.25, 0.3) is 0 Å². The molecule has 1 saturated heterocycles. The Morgan fingerprint density at radius 2 is 2.39 bits per heavy atom. The lowest BCUT2D eigenvalue weighted by Gasteiger charge is -2.36. The third-order valence-electron chi connectivity index (χ3n) is 3.05. The highest BCUT2D eigenvalue weighted by Crippen LogP contribution is 2.28. The zero-order valence-electron chi connectivity index (χ0n) is 10.2. The number of hydrogen-bond donors (Lipinski definition) is 1. The number of carbonyl (C=O) groups excluding carboxylic acids is 1. The Morgan fingerprint density at radius 1 is 1.67 bits per heavy atom. The van der Waals surface area contributed by atoms with Crippen LogP contribution in [0.3, 0.4) is 0 Å². The van der Waals surface area contributed by atoms with E-state index in [2.05, 4.69) is 5.10 Å². The van der Waals surface area contributed by atoms with E-state index in [-0.39, 0.29) is 12.5 Å². The van der Waals surface area contributed by atoms with Crippen molar-refractivity contribution in [3.8, 4) is 0 Å². The highest BCUT2D eigenvalue weighted by Gasteiger charge is 2.40. The smallest absolute Gasteiger partial charge is 0.335 e. The third kappa shape index (κ3) is 2.08. The van der Waals surface area contributed by atoms with Crippen molar-refractivity contribution >= 4 is 11.9 Å². The summed E-state index contributed by atoms with van der Waals surface area (Å²) in [5.74, 6) is -1.31. The molecule has 1 fully saturated rings. The van der Waals surface area contributed by atoms with Gasteiger partial charge in [0.15, 0.2) is 6.10 Å². The first-order valence-electron chi connectivity index (χ1n) is 5.67. The Kier molecular flexibility index (Phi) is 3.33. The van der Waals surface area contributed by atoms with Crippen LogP contribution in [0.2, 0.25) is 0 Å². The number of ether oxygens (including phenoxy) is 1. The van der Waals surface area contributed by atoms with Gasteiger partial charge in [-0.3, -0.25) is 9.48 Å². The Bertz CT molecular complexity index is 471. The van der Waals surface area contributed by atoms with Crippen LogP contribution in [0.5, 0.6) is 0 Å². The summed E-state index contributed by atoms with van der Waals surface area (Å²) in [5.41, 5.74) is 0.666. The minimum Gasteiger partial charge on any atom is -0.479 e. The van der Waals surface area contributed by atoms with Gasteiger partial charge in [0.2, 0.25) is 5.91 Å². The molecule has 2 unspecified atom stereocenters. The van der Waals surface area contributed by atoms with Gasteiger partial charge in [-0.05, 0) is 6.92 Å². The molecule has 0 bridgehead atoms. The van der Waals surface area contributed by atoms with Gasteiger partial charge in [0.1, 0.15) is 6.61 Å². The van der Waals surface area contributed by atoms with Crippen molar-refractivity contribution in [1.29, 1.82) is 0 Å². The lowest BCUT2D eigenvalue weighted by Crippen LogP contribution is -2.49. The SMILES string of the molecule is CCn1cc(C2C(C(=O)O)OCC(=O)N2C)cn1. The van der Waals surface area contributed by atoms with Gasteiger partial charge < -0.3 is 14.7 Å². The maximum absolute atomic E-state index is 11.6. The Hall–Kier alpha value is -1.89. The zero-order valence-corrected chi connectivity index (χ0v) is 10.2. The summed E-state index contributed by atoms with van der Waals surface area (Å²) in [7, 11) is 1.58. The predicted molar refractivity (Wildman–Crippen MR) is 60.8 cm³/mol. The highest BCUT2D eigenvalue weighted by atomic mass is 16.5. The first-order valence-corrected chi connectivity index (χ1v) is 5.67. The van der Waals surface area contributed by atoms with Gasteiger partial charge in [0.05, 0.1) is 12.2 Å². The number of carboxylic acids is 1. The first kappa shape index (κ1) is 12.6. The topological polar surface area (TPSA) is 84.7 Å². The molecule has 1 aliphatic heterocycles. The molecule has 0 aliphatic carbocycles. The van der Waals surface area contributed by atoms with E-state index >= 15 is 0 Å². The molecule has 2 rings (SSSR count). The van der Waals surface area contributed by atoms with E-state index in [9.17, 15) is 9.59 Å². The molecule has 7 heteroatoms. The fourth-order valence-electron chi connectivity index (χ4n) is 2.02. The molecule has 2 atom stereocenters. The average Bonchev–Trinajstić information content (AvgIpc) is 2.80. The van der Waals surface area contributed by atoms with Crippen LogP contribution in [0.15, 0.2) is 12.4 Å². The van der Waals surface area contributed by atoms with Crippen LogP contribution in [-0.4, -0.2) is 51.4 Å². The summed E-state index contributed by atoms with van der Waals surface area (Å²) in [6.45, 7) is 2.41. The second-order valence-corrected chi connectivity index (χ2v) is 4.15. The maximum atomic E-state index is 11.6. The number of likely N-dealkylation sites (N-methyl/N-ethyl adjacent to an activating group) is 1. The average molecular weight is 253 g/mol. The van der Waals surface area contributed by atoms with Crippen molar-refractivity contribution in [2.45, 2.75) is 25.6 Å². The molecule has 1 N–H and O–H groups in total. The number of amides is 1. The van der Waals surface area contributed by atoms with Crippen molar-refractivity contribution in [2.24, 2.45) is 0 Å². The molecule has 1 aromatic heterocycles. The summed E-state index contributed by atoms with van der Waals surface area (Å²) in [6.07, 6.45) is 2.25. The number of aliphatic carboxylic acids is 1. The second kappa shape index (κ2) is 4.77. The van der Waals surface area contributed by atoms with Crippen LogP contribution in [0.1, 0.15) is 18.5 Å². The molecule has 0 saturated carbocycles. The molecular weight excluding hydrogens is 238 g/mol. The number of carboxylic acid groups (broad SMARTS) is 1. The molecular formula is C11H15N3O4. The number of nitrogens with zero attached hydrogens (tertiary/aromatic N) is 3. The van der Waals surface area contributed by atoms with E-state index in [0.29, 0.717) is 12.1 Å². The second-order valence-electron chi connectivity index (χ2n) is 4.15. The molecule has 1 aromatic rings. The molecule has 0 radical (unpaired) electrons. The maximum Gasteiger partial charge on any atom is 0.335 e. The quantitative estimate of drug-likeness (QED) is 0.812. The van der Waals surface area contributed by atoms with Gasteiger partial charge in [-0.2, -0.15) is 5.10 Å². The predicted octanol–water partition coefficient (Wildman–Crippen LogP) is -0.114. The van der Waals surface area contributed by atoms with E-state index < -0.39 is 18.1 Å². The van der Waals surface area contributed by atoms with Crippen molar-refractivity contribution in [1.82, 2.24) is 14.7 Å². The number of aryl methyl sites for hydroxylation is 1. The van der Waals surface area contributed by atoms with Gasteiger partial charge in [0, 0.05) is 25.4 Å².